The summed E-state index contributed by atoms with van der Waals surface area (Å²) in [6.45, 7) is 0.836. The molecule has 3 N–H and O–H groups in total. The number of aromatic amines is 1. The van der Waals surface area contributed by atoms with Crippen molar-refractivity contribution in [2.45, 2.75) is 19.4 Å². The maximum Gasteiger partial charge on any atom is 0.303 e. The second-order valence-corrected chi connectivity index (χ2v) is 5.62. The topological polar surface area (TPSA) is 90.3 Å². The van der Waals surface area contributed by atoms with E-state index < -0.39 is 11.7 Å². The monoisotopic (exact) mass is 360 g/mol. The lowest BCUT2D eigenvalue weighted by Crippen LogP contribution is -2.12. The quantitative estimate of drug-likeness (QED) is 0.587. The second-order valence-electron chi connectivity index (χ2n) is 5.62. The summed E-state index contributed by atoms with van der Waals surface area (Å²) >= 11 is 0. The van der Waals surface area contributed by atoms with E-state index in [1.165, 1.54) is 12.3 Å². The molecule has 0 bridgehead atoms. The maximum atomic E-state index is 13.7. The minimum atomic E-state index is -3.19. The van der Waals surface area contributed by atoms with Gasteiger partial charge in [-0.2, -0.15) is 13.9 Å². The van der Waals surface area contributed by atoms with Crippen LogP contribution in [0.3, 0.4) is 0 Å². The van der Waals surface area contributed by atoms with Crippen molar-refractivity contribution in [2.75, 3.05) is 5.32 Å². The Hall–Kier alpha value is -3.23. The molecular weight excluding hydrogens is 345 g/mol. The van der Waals surface area contributed by atoms with Gasteiger partial charge < -0.3 is 5.32 Å². The van der Waals surface area contributed by atoms with Gasteiger partial charge in [0.1, 0.15) is 17.3 Å². The fourth-order valence-corrected chi connectivity index (χ4v) is 2.26. The first-order valence-corrected chi connectivity index (χ1v) is 7.68. The molecule has 3 aromatic rings. The average molecular weight is 360 g/mol. The van der Waals surface area contributed by atoms with Crippen LogP contribution in [0.1, 0.15) is 29.7 Å². The number of H-pyrrole nitrogens is 1. The van der Waals surface area contributed by atoms with Gasteiger partial charge in [0.25, 0.3) is 0 Å². The lowest BCUT2D eigenvalue weighted by molar-refractivity contribution is 0.00808. The number of hydrogen-bond donors (Lipinski definition) is 3. The van der Waals surface area contributed by atoms with E-state index in [1.54, 1.807) is 30.3 Å². The van der Waals surface area contributed by atoms with E-state index in [1.807, 2.05) is 0 Å². The van der Waals surface area contributed by atoms with Crippen LogP contribution in [-0.2, 0) is 12.5 Å². The van der Waals surface area contributed by atoms with Crippen LogP contribution in [0.25, 0.3) is 0 Å². The standard InChI is InChI=1S/C17H15F3N6/c1-17(19,20)16-24-15(25-26-16)13(21)11-6-4-8-22-14(11)23-9-10-5-2-3-7-12(10)18/h2-8,21H,9H2,1H3,(H,22,23)(H,24,25,26). The molecule has 0 unspecified atom stereocenters. The highest BCUT2D eigenvalue weighted by atomic mass is 19.3. The maximum absolute atomic E-state index is 13.7. The van der Waals surface area contributed by atoms with E-state index in [-0.39, 0.29) is 23.9 Å². The van der Waals surface area contributed by atoms with Crippen molar-refractivity contribution >= 4 is 11.5 Å². The zero-order valence-corrected chi connectivity index (χ0v) is 13.7. The van der Waals surface area contributed by atoms with Crippen molar-refractivity contribution in [2.24, 2.45) is 0 Å². The molecule has 3 rings (SSSR count). The van der Waals surface area contributed by atoms with Gasteiger partial charge in [0.15, 0.2) is 11.6 Å². The molecule has 2 aromatic heterocycles. The highest BCUT2D eigenvalue weighted by molar-refractivity contribution is 6.11. The van der Waals surface area contributed by atoms with Crippen molar-refractivity contribution in [1.82, 2.24) is 20.2 Å². The van der Waals surface area contributed by atoms with E-state index >= 15 is 0 Å². The van der Waals surface area contributed by atoms with Crippen LogP contribution in [0.5, 0.6) is 0 Å². The normalized spacial score (nSPS) is 11.4. The summed E-state index contributed by atoms with van der Waals surface area (Å²) in [5.74, 6) is -4.05. The number of nitrogens with one attached hydrogen (secondary N) is 3. The SMILES string of the molecule is CC(F)(F)c1nc(C(=N)c2cccnc2NCc2ccccc2F)n[nH]1. The Bertz CT molecular complexity index is 932. The van der Waals surface area contributed by atoms with Crippen molar-refractivity contribution in [3.63, 3.8) is 0 Å². The van der Waals surface area contributed by atoms with Crippen LogP contribution in [0.4, 0.5) is 19.0 Å². The first-order valence-electron chi connectivity index (χ1n) is 7.68. The zero-order valence-electron chi connectivity index (χ0n) is 13.7. The zero-order chi connectivity index (χ0) is 18.7. The highest BCUT2D eigenvalue weighted by Crippen LogP contribution is 2.24. The number of halogens is 3. The summed E-state index contributed by atoms with van der Waals surface area (Å²) in [5.41, 5.74) is 0.566. The molecule has 0 radical (unpaired) electrons. The number of benzene rings is 1. The van der Waals surface area contributed by atoms with E-state index in [0.29, 0.717) is 23.9 Å². The number of rotatable bonds is 6. The predicted octanol–water partition coefficient (Wildman–Crippen LogP) is 3.48. The molecular formula is C17H15F3N6. The van der Waals surface area contributed by atoms with Crippen LogP contribution in [0.2, 0.25) is 0 Å². The summed E-state index contributed by atoms with van der Waals surface area (Å²) in [7, 11) is 0. The summed E-state index contributed by atoms with van der Waals surface area (Å²) < 4.78 is 40.3. The van der Waals surface area contributed by atoms with Crippen LogP contribution < -0.4 is 5.32 Å². The van der Waals surface area contributed by atoms with E-state index in [2.05, 4.69) is 25.5 Å². The number of anilines is 1. The van der Waals surface area contributed by atoms with Crippen LogP contribution in [-0.4, -0.2) is 25.9 Å². The summed E-state index contributed by atoms with van der Waals surface area (Å²) in [4.78, 5) is 7.81. The number of alkyl halides is 2. The number of nitrogens with zero attached hydrogens (tertiary/aromatic N) is 3. The molecule has 134 valence electrons. The minimum Gasteiger partial charge on any atom is -0.365 e. The lowest BCUT2D eigenvalue weighted by atomic mass is 10.1. The smallest absolute Gasteiger partial charge is 0.303 e. The van der Waals surface area contributed by atoms with Crippen LogP contribution >= 0.6 is 0 Å². The molecule has 0 amide bonds. The molecule has 0 atom stereocenters. The lowest BCUT2D eigenvalue weighted by Gasteiger charge is -2.11. The second kappa shape index (κ2) is 6.95. The molecule has 0 spiro atoms. The molecule has 1 aromatic carbocycles. The summed E-state index contributed by atoms with van der Waals surface area (Å²) in [6, 6.07) is 9.45. The third-order valence-electron chi connectivity index (χ3n) is 3.61. The first kappa shape index (κ1) is 17.6. The molecule has 0 saturated carbocycles. The molecule has 2 heterocycles. The van der Waals surface area contributed by atoms with Gasteiger partial charge in [-0.3, -0.25) is 10.5 Å². The Balaban J connectivity index is 1.84. The Kier molecular flexibility index (Phi) is 4.70. The van der Waals surface area contributed by atoms with Gasteiger partial charge in [0, 0.05) is 30.8 Å². The van der Waals surface area contributed by atoms with E-state index in [9.17, 15) is 13.2 Å². The van der Waals surface area contributed by atoms with E-state index in [4.69, 9.17) is 5.41 Å². The Morgan fingerprint density at radius 3 is 2.69 bits per heavy atom. The molecule has 0 aliphatic carbocycles. The molecule has 9 heteroatoms. The fourth-order valence-electron chi connectivity index (χ4n) is 2.26. The predicted molar refractivity (Wildman–Crippen MR) is 89.8 cm³/mol. The average Bonchev–Trinajstić information content (AvgIpc) is 3.11. The van der Waals surface area contributed by atoms with Gasteiger partial charge in [-0.1, -0.05) is 18.2 Å². The van der Waals surface area contributed by atoms with Crippen LogP contribution in [0, 0.1) is 11.2 Å². The van der Waals surface area contributed by atoms with Gasteiger partial charge in [0.2, 0.25) is 0 Å². The van der Waals surface area contributed by atoms with Crippen LogP contribution in [0.15, 0.2) is 42.6 Å². The molecule has 0 fully saturated rings. The van der Waals surface area contributed by atoms with Crippen molar-refractivity contribution in [3.05, 3.63) is 71.2 Å². The summed E-state index contributed by atoms with van der Waals surface area (Å²) in [5, 5.41) is 17.0. The molecule has 6 nitrogen and oxygen atoms in total. The minimum absolute atomic E-state index is 0.149. The third kappa shape index (κ3) is 3.71. The molecule has 0 aliphatic heterocycles. The largest absolute Gasteiger partial charge is 0.365 e. The van der Waals surface area contributed by atoms with Gasteiger partial charge in [-0.05, 0) is 18.2 Å². The van der Waals surface area contributed by atoms with Crippen molar-refractivity contribution in [1.29, 1.82) is 5.41 Å². The molecule has 0 saturated heterocycles. The Morgan fingerprint density at radius 2 is 2.00 bits per heavy atom. The van der Waals surface area contributed by atoms with Gasteiger partial charge in [-0.15, -0.1) is 0 Å². The van der Waals surface area contributed by atoms with Gasteiger partial charge in [-0.25, -0.2) is 14.4 Å². The Labute approximate surface area is 147 Å². The molecule has 0 aliphatic rings. The first-order chi connectivity index (χ1) is 12.4. The summed E-state index contributed by atoms with van der Waals surface area (Å²) in [6.07, 6.45) is 1.50. The number of pyridine rings is 1. The van der Waals surface area contributed by atoms with E-state index in [0.717, 1.165) is 0 Å². The van der Waals surface area contributed by atoms with Gasteiger partial charge >= 0.3 is 5.92 Å². The van der Waals surface area contributed by atoms with Gasteiger partial charge in [0.05, 0.1) is 0 Å². The third-order valence-corrected chi connectivity index (χ3v) is 3.61. The molecule has 26 heavy (non-hydrogen) atoms. The van der Waals surface area contributed by atoms with Crippen molar-refractivity contribution in [3.8, 4) is 0 Å². The fraction of sp³-hybridized carbons (Fsp3) is 0.176. The number of aromatic nitrogens is 4. The highest BCUT2D eigenvalue weighted by Gasteiger charge is 2.30. The number of hydrogen-bond acceptors (Lipinski definition) is 5. The van der Waals surface area contributed by atoms with Crippen molar-refractivity contribution < 1.29 is 13.2 Å². The Morgan fingerprint density at radius 1 is 1.23 bits per heavy atom.